The largest absolute Gasteiger partial charge is 0.345 e. The van der Waals surface area contributed by atoms with Crippen molar-refractivity contribution in [2.75, 3.05) is 12.4 Å². The first kappa shape index (κ1) is 24.1. The van der Waals surface area contributed by atoms with Crippen LogP contribution in [0.15, 0.2) is 61.7 Å². The van der Waals surface area contributed by atoms with Gasteiger partial charge in [-0.25, -0.2) is 9.97 Å². The SMILES string of the molecule is Cl.Cl.Clc1ccc(CC[C@@]2(Cn3ccnc3)OC[C@@H](CSn3ccnc3)O2)cc1. The molecule has 10 heteroatoms. The predicted molar refractivity (Wildman–Crippen MR) is 120 cm³/mol. The van der Waals surface area contributed by atoms with Crippen molar-refractivity contribution in [3.63, 3.8) is 0 Å². The van der Waals surface area contributed by atoms with E-state index in [-0.39, 0.29) is 30.9 Å². The van der Waals surface area contributed by atoms with Crippen LogP contribution in [0.25, 0.3) is 0 Å². The third-order valence-corrected chi connectivity index (χ3v) is 5.78. The lowest BCUT2D eigenvalue weighted by molar-refractivity contribution is -0.180. The van der Waals surface area contributed by atoms with Gasteiger partial charge in [0.05, 0.1) is 25.6 Å². The molecule has 2 atom stereocenters. The monoisotopic (exact) mass is 476 g/mol. The van der Waals surface area contributed by atoms with Gasteiger partial charge in [0, 0.05) is 42.0 Å². The van der Waals surface area contributed by atoms with Crippen LogP contribution in [0.4, 0.5) is 0 Å². The molecule has 1 aliphatic heterocycles. The van der Waals surface area contributed by atoms with Crippen molar-refractivity contribution in [1.82, 2.24) is 18.5 Å². The van der Waals surface area contributed by atoms with Crippen LogP contribution in [0, 0.1) is 0 Å². The van der Waals surface area contributed by atoms with E-state index in [4.69, 9.17) is 21.1 Å². The van der Waals surface area contributed by atoms with Crippen molar-refractivity contribution in [2.24, 2.45) is 0 Å². The van der Waals surface area contributed by atoms with Crippen molar-refractivity contribution in [3.8, 4) is 0 Å². The van der Waals surface area contributed by atoms with Gasteiger partial charge < -0.3 is 14.0 Å². The molecular weight excluding hydrogens is 455 g/mol. The Morgan fingerprint density at radius 2 is 1.86 bits per heavy atom. The molecule has 29 heavy (non-hydrogen) atoms. The summed E-state index contributed by atoms with van der Waals surface area (Å²) >= 11 is 7.65. The lowest BCUT2D eigenvalue weighted by atomic mass is 10.0. The Balaban J connectivity index is 0.00000150. The van der Waals surface area contributed by atoms with Gasteiger partial charge in [0.15, 0.2) is 5.79 Å². The predicted octanol–water partition coefficient (Wildman–Crippen LogP) is 4.52. The second-order valence-electron chi connectivity index (χ2n) is 6.54. The van der Waals surface area contributed by atoms with Crippen molar-refractivity contribution >= 4 is 48.4 Å². The number of halogens is 3. The fourth-order valence-electron chi connectivity index (χ4n) is 3.13. The van der Waals surface area contributed by atoms with Crippen LogP contribution in [0.3, 0.4) is 0 Å². The van der Waals surface area contributed by atoms with Gasteiger partial charge in [0.2, 0.25) is 0 Å². The molecule has 0 spiro atoms. The number of hydrogen-bond acceptors (Lipinski definition) is 5. The summed E-state index contributed by atoms with van der Waals surface area (Å²) in [5.41, 5.74) is 1.22. The van der Waals surface area contributed by atoms with Gasteiger partial charge in [-0.3, -0.25) is 3.97 Å². The summed E-state index contributed by atoms with van der Waals surface area (Å²) in [5.74, 6) is 0.156. The first-order valence-corrected chi connectivity index (χ1v) is 10.2. The number of aromatic nitrogens is 4. The van der Waals surface area contributed by atoms with Gasteiger partial charge in [0.25, 0.3) is 0 Å². The molecule has 4 rings (SSSR count). The lowest BCUT2D eigenvalue weighted by Gasteiger charge is -2.28. The molecule has 1 saturated heterocycles. The highest BCUT2D eigenvalue weighted by Gasteiger charge is 2.41. The van der Waals surface area contributed by atoms with Crippen LogP contribution >= 0.6 is 48.4 Å². The minimum atomic E-state index is -0.652. The van der Waals surface area contributed by atoms with E-state index in [9.17, 15) is 0 Å². The molecule has 2 aromatic heterocycles. The third-order valence-electron chi connectivity index (χ3n) is 4.49. The van der Waals surface area contributed by atoms with Gasteiger partial charge in [-0.2, -0.15) is 0 Å². The molecule has 1 aliphatic rings. The van der Waals surface area contributed by atoms with Crippen molar-refractivity contribution in [2.45, 2.75) is 31.3 Å². The van der Waals surface area contributed by atoms with Gasteiger partial charge in [-0.05, 0) is 36.1 Å². The molecular formula is C19H23Cl3N4O2S. The van der Waals surface area contributed by atoms with Gasteiger partial charge in [-0.1, -0.05) is 23.7 Å². The summed E-state index contributed by atoms with van der Waals surface area (Å²) in [7, 11) is 0. The Kier molecular flexibility index (Phi) is 9.33. The van der Waals surface area contributed by atoms with Crippen LogP contribution in [0.2, 0.25) is 5.02 Å². The summed E-state index contributed by atoms with van der Waals surface area (Å²) in [4.78, 5) is 8.20. The van der Waals surface area contributed by atoms with Crippen LogP contribution in [0.1, 0.15) is 12.0 Å². The van der Waals surface area contributed by atoms with Gasteiger partial charge >= 0.3 is 0 Å². The van der Waals surface area contributed by atoms with Crippen LogP contribution < -0.4 is 0 Å². The fraction of sp³-hybridized carbons (Fsp3) is 0.368. The molecule has 158 valence electrons. The zero-order chi connectivity index (χ0) is 18.5. The van der Waals surface area contributed by atoms with E-state index in [1.807, 2.05) is 33.1 Å². The highest BCUT2D eigenvalue weighted by atomic mass is 35.5. The Labute approximate surface area is 191 Å². The maximum atomic E-state index is 6.41. The van der Waals surface area contributed by atoms with E-state index in [1.165, 1.54) is 5.56 Å². The molecule has 3 aromatic rings. The molecule has 1 aromatic carbocycles. The Morgan fingerprint density at radius 3 is 2.55 bits per heavy atom. The van der Waals surface area contributed by atoms with E-state index < -0.39 is 5.79 Å². The summed E-state index contributed by atoms with van der Waals surface area (Å²) < 4.78 is 16.6. The molecule has 0 bridgehead atoms. The first-order valence-electron chi connectivity index (χ1n) is 8.84. The van der Waals surface area contributed by atoms with Crippen LogP contribution in [-0.2, 0) is 22.4 Å². The van der Waals surface area contributed by atoms with Crippen LogP contribution in [-0.4, -0.2) is 42.8 Å². The summed E-state index contributed by atoms with van der Waals surface area (Å²) in [6, 6.07) is 7.93. The second-order valence-corrected chi connectivity index (χ2v) is 7.99. The third kappa shape index (κ3) is 6.64. The van der Waals surface area contributed by atoms with Crippen molar-refractivity contribution < 1.29 is 9.47 Å². The summed E-state index contributed by atoms with van der Waals surface area (Å²) in [6.07, 6.45) is 12.6. The Hall–Kier alpha value is -1.22. The van der Waals surface area contributed by atoms with E-state index in [1.54, 1.807) is 37.0 Å². The fourth-order valence-corrected chi connectivity index (χ4v) is 4.02. The second kappa shape index (κ2) is 11.2. The zero-order valence-corrected chi connectivity index (χ0v) is 18.8. The standard InChI is InChI=1S/C19H21ClN4O2S.2ClH/c20-17-3-1-16(2-4-17)5-6-19(13-23-9-7-21-14-23)25-11-18(26-19)12-27-24-10-8-22-15-24;;/h1-4,7-10,14-15,18H,5-6,11-13H2;2*1H/t18-,19+;;/m0../s1. The normalized spacial score (nSPS) is 20.8. The number of rotatable bonds is 8. The molecule has 3 heterocycles. The maximum Gasteiger partial charge on any atom is 0.187 e. The molecule has 0 N–H and O–H groups in total. The van der Waals surface area contributed by atoms with Crippen molar-refractivity contribution in [3.05, 3.63) is 72.3 Å². The van der Waals surface area contributed by atoms with Crippen LogP contribution in [0.5, 0.6) is 0 Å². The molecule has 0 aliphatic carbocycles. The highest BCUT2D eigenvalue weighted by Crippen LogP contribution is 2.32. The lowest BCUT2D eigenvalue weighted by Crippen LogP contribution is -2.37. The highest BCUT2D eigenvalue weighted by molar-refractivity contribution is 7.97. The average molecular weight is 478 g/mol. The number of hydrogen-bond donors (Lipinski definition) is 0. The number of aryl methyl sites for hydroxylation is 1. The number of nitrogens with zero attached hydrogens (tertiary/aromatic N) is 4. The van der Waals surface area contributed by atoms with E-state index in [0.717, 1.165) is 23.6 Å². The molecule has 0 radical (unpaired) electrons. The topological polar surface area (TPSA) is 54.1 Å². The number of ether oxygens (including phenoxy) is 2. The minimum Gasteiger partial charge on any atom is -0.345 e. The van der Waals surface area contributed by atoms with Crippen molar-refractivity contribution in [1.29, 1.82) is 0 Å². The average Bonchev–Trinajstić information content (AvgIpc) is 3.43. The number of imidazole rings is 2. The quantitative estimate of drug-likeness (QED) is 0.477. The minimum absolute atomic E-state index is 0. The molecule has 1 fully saturated rings. The maximum absolute atomic E-state index is 6.41. The Morgan fingerprint density at radius 1 is 1.10 bits per heavy atom. The molecule has 0 amide bonds. The van der Waals surface area contributed by atoms with E-state index in [0.29, 0.717) is 13.2 Å². The summed E-state index contributed by atoms with van der Waals surface area (Å²) in [6.45, 7) is 1.20. The van der Waals surface area contributed by atoms with E-state index >= 15 is 0 Å². The summed E-state index contributed by atoms with van der Waals surface area (Å²) in [5, 5.41) is 0.747. The molecule has 0 unspecified atom stereocenters. The first-order chi connectivity index (χ1) is 13.2. The smallest absolute Gasteiger partial charge is 0.187 e. The van der Waals surface area contributed by atoms with Gasteiger partial charge in [0.1, 0.15) is 6.33 Å². The Bertz CT molecular complexity index is 834. The molecule has 0 saturated carbocycles. The zero-order valence-electron chi connectivity index (χ0n) is 15.6. The molecule has 6 nitrogen and oxygen atoms in total. The van der Waals surface area contributed by atoms with E-state index in [2.05, 4.69) is 22.1 Å². The number of benzene rings is 1. The van der Waals surface area contributed by atoms with Gasteiger partial charge in [-0.15, -0.1) is 24.8 Å².